The van der Waals surface area contributed by atoms with Crippen LogP contribution < -0.4 is 10.6 Å². The molecule has 1 heterocycles. The van der Waals surface area contributed by atoms with Gasteiger partial charge in [0, 0.05) is 22.3 Å². The van der Waals surface area contributed by atoms with Crippen molar-refractivity contribution in [1.29, 1.82) is 0 Å². The highest BCUT2D eigenvalue weighted by molar-refractivity contribution is 6.35. The molecule has 1 aromatic heterocycles. The minimum Gasteiger partial charge on any atom is -0.361 e. The SMILES string of the molecule is C=CCNc1ncnc(Nc2cc(Cl)cc(Cl)c2)c1[N+](=O)[O-]. The molecule has 114 valence electrons. The first-order valence-corrected chi connectivity index (χ1v) is 6.84. The number of nitro groups is 1. The number of nitrogens with one attached hydrogen (secondary N) is 2. The first-order valence-electron chi connectivity index (χ1n) is 6.08. The van der Waals surface area contributed by atoms with Crippen molar-refractivity contribution in [2.45, 2.75) is 0 Å². The molecule has 0 bridgehead atoms. The Labute approximate surface area is 136 Å². The van der Waals surface area contributed by atoms with E-state index in [2.05, 4.69) is 27.2 Å². The van der Waals surface area contributed by atoms with Crippen LogP contribution in [-0.4, -0.2) is 21.4 Å². The van der Waals surface area contributed by atoms with E-state index in [9.17, 15) is 10.1 Å². The van der Waals surface area contributed by atoms with Gasteiger partial charge in [-0.2, -0.15) is 0 Å². The second-order valence-electron chi connectivity index (χ2n) is 4.13. The van der Waals surface area contributed by atoms with E-state index in [0.29, 0.717) is 22.3 Å². The number of benzene rings is 1. The molecular weight excluding hydrogens is 329 g/mol. The highest BCUT2D eigenvalue weighted by Gasteiger charge is 2.22. The number of nitrogens with zero attached hydrogens (tertiary/aromatic N) is 3. The van der Waals surface area contributed by atoms with E-state index in [1.807, 2.05) is 0 Å². The highest BCUT2D eigenvalue weighted by atomic mass is 35.5. The Kier molecular flexibility index (Phi) is 5.13. The van der Waals surface area contributed by atoms with Gasteiger partial charge in [0.1, 0.15) is 6.33 Å². The van der Waals surface area contributed by atoms with Gasteiger partial charge in [0.05, 0.1) is 4.92 Å². The number of hydrogen-bond acceptors (Lipinski definition) is 6. The van der Waals surface area contributed by atoms with Crippen molar-refractivity contribution >= 4 is 46.2 Å². The largest absolute Gasteiger partial charge is 0.361 e. The molecule has 0 saturated carbocycles. The molecule has 0 unspecified atom stereocenters. The summed E-state index contributed by atoms with van der Waals surface area (Å²) in [6.07, 6.45) is 2.78. The zero-order chi connectivity index (χ0) is 16.1. The molecule has 0 saturated heterocycles. The predicted octanol–water partition coefficient (Wildman–Crippen LogP) is 4.03. The number of rotatable bonds is 6. The van der Waals surface area contributed by atoms with Crippen molar-refractivity contribution in [3.05, 3.63) is 57.3 Å². The molecule has 0 atom stereocenters. The maximum Gasteiger partial charge on any atom is 0.353 e. The molecule has 2 rings (SSSR count). The molecule has 0 radical (unpaired) electrons. The number of halogens is 2. The highest BCUT2D eigenvalue weighted by Crippen LogP contribution is 2.32. The van der Waals surface area contributed by atoms with Crippen LogP contribution in [0.25, 0.3) is 0 Å². The van der Waals surface area contributed by atoms with Gasteiger partial charge in [-0.3, -0.25) is 10.1 Å². The third-order valence-corrected chi connectivity index (χ3v) is 2.98. The molecule has 7 nitrogen and oxygen atoms in total. The summed E-state index contributed by atoms with van der Waals surface area (Å²) in [6, 6.07) is 4.71. The normalized spacial score (nSPS) is 10.1. The zero-order valence-electron chi connectivity index (χ0n) is 11.2. The molecule has 0 aliphatic rings. The lowest BCUT2D eigenvalue weighted by molar-refractivity contribution is -0.383. The summed E-state index contributed by atoms with van der Waals surface area (Å²) < 4.78 is 0. The maximum atomic E-state index is 11.3. The lowest BCUT2D eigenvalue weighted by Gasteiger charge is -2.09. The van der Waals surface area contributed by atoms with E-state index in [1.54, 1.807) is 24.3 Å². The predicted molar refractivity (Wildman–Crippen MR) is 87.1 cm³/mol. The van der Waals surface area contributed by atoms with Gasteiger partial charge in [-0.25, -0.2) is 9.97 Å². The summed E-state index contributed by atoms with van der Waals surface area (Å²) >= 11 is 11.8. The van der Waals surface area contributed by atoms with E-state index in [0.717, 1.165) is 0 Å². The van der Waals surface area contributed by atoms with Crippen molar-refractivity contribution < 1.29 is 4.92 Å². The summed E-state index contributed by atoms with van der Waals surface area (Å²) in [5.41, 5.74) is 0.203. The summed E-state index contributed by atoms with van der Waals surface area (Å²) in [5, 5.41) is 17.7. The van der Waals surface area contributed by atoms with Gasteiger partial charge in [-0.15, -0.1) is 6.58 Å². The van der Waals surface area contributed by atoms with Gasteiger partial charge in [0.15, 0.2) is 0 Å². The Morgan fingerprint density at radius 2 is 1.86 bits per heavy atom. The smallest absolute Gasteiger partial charge is 0.353 e. The van der Waals surface area contributed by atoms with Gasteiger partial charge in [0.2, 0.25) is 11.6 Å². The lowest BCUT2D eigenvalue weighted by atomic mass is 10.3. The molecule has 0 fully saturated rings. The topological polar surface area (TPSA) is 93.0 Å². The van der Waals surface area contributed by atoms with E-state index in [-0.39, 0.29) is 17.3 Å². The summed E-state index contributed by atoms with van der Waals surface area (Å²) in [7, 11) is 0. The van der Waals surface area contributed by atoms with Crippen LogP contribution in [0.1, 0.15) is 0 Å². The fourth-order valence-electron chi connectivity index (χ4n) is 1.70. The molecular formula is C13H11Cl2N5O2. The second kappa shape index (κ2) is 7.06. The van der Waals surface area contributed by atoms with Gasteiger partial charge < -0.3 is 10.6 Å². The molecule has 9 heteroatoms. The number of anilines is 3. The van der Waals surface area contributed by atoms with Crippen LogP contribution >= 0.6 is 23.2 Å². The zero-order valence-corrected chi connectivity index (χ0v) is 12.7. The van der Waals surface area contributed by atoms with Crippen LogP contribution in [0, 0.1) is 10.1 Å². The Morgan fingerprint density at radius 3 is 2.45 bits per heavy atom. The average molecular weight is 340 g/mol. The van der Waals surface area contributed by atoms with Crippen LogP contribution in [0.5, 0.6) is 0 Å². The first kappa shape index (κ1) is 16.0. The van der Waals surface area contributed by atoms with E-state index >= 15 is 0 Å². The molecule has 1 aromatic carbocycles. The molecule has 0 amide bonds. The van der Waals surface area contributed by atoms with Crippen molar-refractivity contribution in [2.24, 2.45) is 0 Å². The van der Waals surface area contributed by atoms with Crippen LogP contribution in [0.15, 0.2) is 37.2 Å². The quantitative estimate of drug-likeness (QED) is 0.468. The molecule has 2 aromatic rings. The number of hydrogen-bond donors (Lipinski definition) is 2. The van der Waals surface area contributed by atoms with Gasteiger partial charge >= 0.3 is 5.69 Å². The fourth-order valence-corrected chi connectivity index (χ4v) is 2.23. The lowest BCUT2D eigenvalue weighted by Crippen LogP contribution is -2.08. The minimum atomic E-state index is -0.570. The Balaban J connectivity index is 2.41. The summed E-state index contributed by atoms with van der Waals surface area (Å²) in [5.74, 6) is 0.125. The Bertz CT molecular complexity index is 703. The third kappa shape index (κ3) is 3.84. The van der Waals surface area contributed by atoms with Gasteiger partial charge in [-0.05, 0) is 18.2 Å². The molecule has 0 aliphatic heterocycles. The average Bonchev–Trinajstić information content (AvgIpc) is 2.43. The van der Waals surface area contributed by atoms with E-state index < -0.39 is 4.92 Å². The molecule has 0 spiro atoms. The van der Waals surface area contributed by atoms with Gasteiger partial charge in [-0.1, -0.05) is 29.3 Å². The Hall–Kier alpha value is -2.38. The standard InChI is InChI=1S/C13H11Cl2N5O2/c1-2-3-16-12-11(20(21)22)13(18-7-17-12)19-10-5-8(14)4-9(15)6-10/h2,4-7H,1,3H2,(H2,16,17,18,19). The van der Waals surface area contributed by atoms with E-state index in [1.165, 1.54) is 6.33 Å². The van der Waals surface area contributed by atoms with Crippen LogP contribution in [0.2, 0.25) is 10.0 Å². The number of aromatic nitrogens is 2. The third-order valence-electron chi connectivity index (χ3n) is 2.54. The van der Waals surface area contributed by atoms with Crippen LogP contribution in [-0.2, 0) is 0 Å². The van der Waals surface area contributed by atoms with Crippen LogP contribution in [0.4, 0.5) is 23.0 Å². The van der Waals surface area contributed by atoms with Crippen molar-refractivity contribution in [2.75, 3.05) is 17.2 Å². The Morgan fingerprint density at radius 1 is 1.23 bits per heavy atom. The monoisotopic (exact) mass is 339 g/mol. The molecule has 2 N–H and O–H groups in total. The maximum absolute atomic E-state index is 11.3. The fraction of sp³-hybridized carbons (Fsp3) is 0.0769. The molecule has 22 heavy (non-hydrogen) atoms. The summed E-state index contributed by atoms with van der Waals surface area (Å²) in [6.45, 7) is 3.87. The summed E-state index contributed by atoms with van der Waals surface area (Å²) in [4.78, 5) is 18.5. The molecule has 0 aliphatic carbocycles. The van der Waals surface area contributed by atoms with Crippen molar-refractivity contribution in [3.63, 3.8) is 0 Å². The second-order valence-corrected chi connectivity index (χ2v) is 5.00. The first-order chi connectivity index (χ1) is 10.5. The van der Waals surface area contributed by atoms with Crippen molar-refractivity contribution in [3.8, 4) is 0 Å². The van der Waals surface area contributed by atoms with Crippen molar-refractivity contribution in [1.82, 2.24) is 9.97 Å². The van der Waals surface area contributed by atoms with E-state index in [4.69, 9.17) is 23.2 Å². The minimum absolute atomic E-state index is 0.0323. The van der Waals surface area contributed by atoms with Crippen LogP contribution in [0.3, 0.4) is 0 Å². The van der Waals surface area contributed by atoms with Gasteiger partial charge in [0.25, 0.3) is 0 Å².